The van der Waals surface area contributed by atoms with Gasteiger partial charge in [-0.1, -0.05) is 12.1 Å². The molecule has 0 saturated carbocycles. The predicted octanol–water partition coefficient (Wildman–Crippen LogP) is 1.38. The normalized spacial score (nSPS) is 25.4. The monoisotopic (exact) mass is 440 g/mol. The van der Waals surface area contributed by atoms with Crippen LogP contribution in [0.3, 0.4) is 0 Å². The van der Waals surface area contributed by atoms with Crippen LogP contribution in [0.1, 0.15) is 26.3 Å². The Morgan fingerprint density at radius 1 is 0.839 bits per heavy atom. The lowest BCUT2D eigenvalue weighted by atomic mass is 9.98. The SMILES string of the molecule is COc1ccc(COC[C@H]2O[C@@H](OC)[C@H](OC(C)=O)[C@@H](OC(C)=O)[C@@H]2OC(C)=O)cc1. The lowest BCUT2D eigenvalue weighted by molar-refractivity contribution is -0.304. The molecule has 1 saturated heterocycles. The fourth-order valence-electron chi connectivity index (χ4n) is 3.19. The van der Waals surface area contributed by atoms with E-state index in [0.29, 0.717) is 0 Å². The molecule has 0 spiro atoms. The van der Waals surface area contributed by atoms with E-state index in [9.17, 15) is 14.4 Å². The predicted molar refractivity (Wildman–Crippen MR) is 105 cm³/mol. The molecule has 10 heteroatoms. The Hall–Kier alpha value is -2.69. The molecule has 5 atom stereocenters. The minimum atomic E-state index is -1.14. The van der Waals surface area contributed by atoms with Crippen LogP contribution in [0.25, 0.3) is 0 Å². The standard InChI is InChI=1S/C21H28O10/c1-12(22)28-18-17(11-27-10-15-6-8-16(25-4)9-7-15)31-21(26-5)20(30-14(3)24)19(18)29-13(2)23/h6-9,17-21H,10-11H2,1-5H3/t17-,18-,19+,20-,21-/m1/s1. The van der Waals surface area contributed by atoms with Crippen LogP contribution in [0, 0.1) is 0 Å². The van der Waals surface area contributed by atoms with E-state index in [-0.39, 0.29) is 13.2 Å². The number of rotatable bonds is 9. The molecule has 1 aliphatic rings. The van der Waals surface area contributed by atoms with E-state index in [1.165, 1.54) is 27.9 Å². The van der Waals surface area contributed by atoms with Gasteiger partial charge in [0, 0.05) is 27.9 Å². The van der Waals surface area contributed by atoms with E-state index in [4.69, 9.17) is 33.2 Å². The number of esters is 3. The van der Waals surface area contributed by atoms with Crippen molar-refractivity contribution >= 4 is 17.9 Å². The van der Waals surface area contributed by atoms with E-state index >= 15 is 0 Å². The maximum Gasteiger partial charge on any atom is 0.303 e. The topological polar surface area (TPSA) is 116 Å². The zero-order chi connectivity index (χ0) is 23.0. The summed E-state index contributed by atoms with van der Waals surface area (Å²) in [4.78, 5) is 35.0. The second-order valence-electron chi connectivity index (χ2n) is 6.86. The number of hydrogen-bond acceptors (Lipinski definition) is 10. The highest BCUT2D eigenvalue weighted by molar-refractivity contribution is 5.68. The summed E-state index contributed by atoms with van der Waals surface area (Å²) in [6.07, 6.45) is -5.25. The summed E-state index contributed by atoms with van der Waals surface area (Å²) in [6, 6.07) is 7.30. The molecule has 1 heterocycles. The molecular formula is C21H28O10. The van der Waals surface area contributed by atoms with Crippen LogP contribution in [0.4, 0.5) is 0 Å². The number of carbonyl (C=O) groups excluding carboxylic acids is 3. The van der Waals surface area contributed by atoms with Gasteiger partial charge in [0.2, 0.25) is 0 Å². The minimum absolute atomic E-state index is 0.00556. The molecule has 0 bridgehead atoms. The summed E-state index contributed by atoms with van der Waals surface area (Å²) in [5.41, 5.74) is 0.887. The summed E-state index contributed by atoms with van der Waals surface area (Å²) >= 11 is 0. The molecule has 1 fully saturated rings. The summed E-state index contributed by atoms with van der Waals surface area (Å²) < 4.78 is 38.0. The minimum Gasteiger partial charge on any atom is -0.497 e. The molecule has 31 heavy (non-hydrogen) atoms. The average Bonchev–Trinajstić information content (AvgIpc) is 2.71. The van der Waals surface area contributed by atoms with Crippen LogP contribution in [0.5, 0.6) is 5.75 Å². The Balaban J connectivity index is 2.18. The van der Waals surface area contributed by atoms with Gasteiger partial charge in [-0.25, -0.2) is 0 Å². The van der Waals surface area contributed by atoms with Crippen molar-refractivity contribution < 1.29 is 47.5 Å². The lowest BCUT2D eigenvalue weighted by Gasteiger charge is -2.43. The van der Waals surface area contributed by atoms with Crippen molar-refractivity contribution in [3.05, 3.63) is 29.8 Å². The highest BCUT2D eigenvalue weighted by Gasteiger charge is 2.52. The second kappa shape index (κ2) is 11.6. The molecule has 1 aromatic carbocycles. The Morgan fingerprint density at radius 2 is 1.39 bits per heavy atom. The maximum absolute atomic E-state index is 11.7. The fraction of sp³-hybridized carbons (Fsp3) is 0.571. The molecule has 1 aromatic rings. The Bertz CT molecular complexity index is 747. The quantitative estimate of drug-likeness (QED) is 0.412. The maximum atomic E-state index is 11.7. The number of hydrogen-bond donors (Lipinski definition) is 0. The number of methoxy groups -OCH3 is 2. The van der Waals surface area contributed by atoms with Crippen LogP contribution in [-0.2, 0) is 49.4 Å². The first-order valence-corrected chi connectivity index (χ1v) is 9.65. The second-order valence-corrected chi connectivity index (χ2v) is 6.86. The van der Waals surface area contributed by atoms with Crippen molar-refractivity contribution in [1.29, 1.82) is 0 Å². The third-order valence-corrected chi connectivity index (χ3v) is 4.44. The fourth-order valence-corrected chi connectivity index (χ4v) is 3.19. The van der Waals surface area contributed by atoms with Crippen molar-refractivity contribution in [2.75, 3.05) is 20.8 Å². The Labute approximate surface area is 180 Å². The molecule has 1 aliphatic heterocycles. The van der Waals surface area contributed by atoms with Gasteiger partial charge < -0.3 is 33.2 Å². The van der Waals surface area contributed by atoms with E-state index in [0.717, 1.165) is 11.3 Å². The summed E-state index contributed by atoms with van der Waals surface area (Å²) in [5, 5.41) is 0. The van der Waals surface area contributed by atoms with Crippen molar-refractivity contribution in [3.63, 3.8) is 0 Å². The smallest absolute Gasteiger partial charge is 0.303 e. The largest absolute Gasteiger partial charge is 0.497 e. The molecular weight excluding hydrogens is 412 g/mol. The van der Waals surface area contributed by atoms with Gasteiger partial charge in [-0.15, -0.1) is 0 Å². The van der Waals surface area contributed by atoms with Gasteiger partial charge >= 0.3 is 17.9 Å². The average molecular weight is 440 g/mol. The van der Waals surface area contributed by atoms with Gasteiger partial charge in [0.05, 0.1) is 20.3 Å². The van der Waals surface area contributed by atoms with Crippen LogP contribution < -0.4 is 4.74 Å². The Morgan fingerprint density at radius 3 is 1.90 bits per heavy atom. The zero-order valence-electron chi connectivity index (χ0n) is 18.2. The van der Waals surface area contributed by atoms with Gasteiger partial charge in [-0.3, -0.25) is 14.4 Å². The first-order chi connectivity index (χ1) is 14.7. The molecule has 0 unspecified atom stereocenters. The molecule has 0 aliphatic carbocycles. The van der Waals surface area contributed by atoms with Gasteiger partial charge in [0.15, 0.2) is 24.6 Å². The summed E-state index contributed by atoms with van der Waals surface area (Å²) in [5.74, 6) is -1.18. The molecule has 10 nitrogen and oxygen atoms in total. The molecule has 0 amide bonds. The van der Waals surface area contributed by atoms with E-state index in [2.05, 4.69) is 0 Å². The first-order valence-electron chi connectivity index (χ1n) is 9.65. The highest BCUT2D eigenvalue weighted by Crippen LogP contribution is 2.29. The van der Waals surface area contributed by atoms with E-state index < -0.39 is 48.6 Å². The van der Waals surface area contributed by atoms with Gasteiger partial charge in [0.1, 0.15) is 11.9 Å². The summed E-state index contributed by atoms with van der Waals surface area (Å²) in [6.45, 7) is 3.85. The van der Waals surface area contributed by atoms with Crippen molar-refractivity contribution in [2.45, 2.75) is 58.1 Å². The van der Waals surface area contributed by atoms with Crippen LogP contribution in [-0.4, -0.2) is 69.4 Å². The van der Waals surface area contributed by atoms with Crippen LogP contribution in [0.2, 0.25) is 0 Å². The van der Waals surface area contributed by atoms with E-state index in [1.807, 2.05) is 12.1 Å². The van der Waals surface area contributed by atoms with Gasteiger partial charge in [0.25, 0.3) is 0 Å². The van der Waals surface area contributed by atoms with E-state index in [1.54, 1.807) is 19.2 Å². The molecule has 2 rings (SSSR count). The van der Waals surface area contributed by atoms with Gasteiger partial charge in [-0.05, 0) is 17.7 Å². The third kappa shape index (κ3) is 7.20. The van der Waals surface area contributed by atoms with Crippen molar-refractivity contribution in [2.24, 2.45) is 0 Å². The lowest BCUT2D eigenvalue weighted by Crippen LogP contribution is -2.62. The van der Waals surface area contributed by atoms with Crippen molar-refractivity contribution in [3.8, 4) is 5.75 Å². The number of ether oxygens (including phenoxy) is 7. The van der Waals surface area contributed by atoms with Gasteiger partial charge in [-0.2, -0.15) is 0 Å². The first kappa shape index (κ1) is 24.6. The number of benzene rings is 1. The highest BCUT2D eigenvalue weighted by atomic mass is 16.7. The zero-order valence-corrected chi connectivity index (χ0v) is 18.2. The Kier molecular flexibility index (Phi) is 9.22. The van der Waals surface area contributed by atoms with Crippen LogP contribution >= 0.6 is 0 Å². The molecule has 0 N–H and O–H groups in total. The summed E-state index contributed by atoms with van der Waals surface area (Å²) in [7, 11) is 2.93. The molecule has 0 radical (unpaired) electrons. The molecule has 172 valence electrons. The third-order valence-electron chi connectivity index (χ3n) is 4.44. The van der Waals surface area contributed by atoms with Crippen LogP contribution in [0.15, 0.2) is 24.3 Å². The number of carbonyl (C=O) groups is 3. The molecule has 0 aromatic heterocycles. The van der Waals surface area contributed by atoms with Crippen molar-refractivity contribution in [1.82, 2.24) is 0 Å².